The van der Waals surface area contributed by atoms with Gasteiger partial charge in [0.1, 0.15) is 10.7 Å². The van der Waals surface area contributed by atoms with Gasteiger partial charge in [-0.25, -0.2) is 9.18 Å². The van der Waals surface area contributed by atoms with Crippen molar-refractivity contribution in [3.63, 3.8) is 0 Å². The monoisotopic (exact) mass is 323 g/mol. The van der Waals surface area contributed by atoms with Crippen molar-refractivity contribution in [2.45, 2.75) is 26.8 Å². The number of amides is 1. The molecule has 1 atom stereocenters. The number of nitrogens with one attached hydrogen (secondary N) is 1. The van der Waals surface area contributed by atoms with Gasteiger partial charge in [0.05, 0.1) is 0 Å². The second kappa shape index (κ2) is 6.87. The summed E-state index contributed by atoms with van der Waals surface area (Å²) in [7, 11) is 0. The Hall–Kier alpha value is -1.95. The average molecular weight is 323 g/mol. The highest BCUT2D eigenvalue weighted by Crippen LogP contribution is 2.26. The molecule has 1 amide bonds. The van der Waals surface area contributed by atoms with Crippen molar-refractivity contribution in [2.24, 2.45) is 5.92 Å². The summed E-state index contributed by atoms with van der Waals surface area (Å²) in [6, 6.07) is 5.90. The van der Waals surface area contributed by atoms with E-state index < -0.39 is 5.97 Å². The van der Waals surface area contributed by atoms with E-state index in [0.29, 0.717) is 16.2 Å². The van der Waals surface area contributed by atoms with Crippen LogP contribution in [0.2, 0.25) is 0 Å². The van der Waals surface area contributed by atoms with Gasteiger partial charge in [-0.1, -0.05) is 13.8 Å². The van der Waals surface area contributed by atoms with Gasteiger partial charge in [0.15, 0.2) is 6.61 Å². The first-order valence-corrected chi connectivity index (χ1v) is 7.84. The Morgan fingerprint density at radius 3 is 2.68 bits per heavy atom. The third kappa shape index (κ3) is 4.04. The van der Waals surface area contributed by atoms with Crippen LogP contribution in [-0.2, 0) is 9.53 Å². The summed E-state index contributed by atoms with van der Waals surface area (Å²) in [5.41, 5.74) is 0. The molecule has 118 valence electrons. The van der Waals surface area contributed by atoms with Gasteiger partial charge in [-0.15, -0.1) is 11.3 Å². The average Bonchev–Trinajstić information content (AvgIpc) is 2.87. The van der Waals surface area contributed by atoms with Crippen LogP contribution in [0, 0.1) is 11.7 Å². The zero-order valence-corrected chi connectivity index (χ0v) is 13.5. The fraction of sp³-hybridized carbons (Fsp3) is 0.375. The van der Waals surface area contributed by atoms with E-state index in [4.69, 9.17) is 4.74 Å². The molecule has 0 saturated heterocycles. The molecule has 4 nitrogen and oxygen atoms in total. The Morgan fingerprint density at radius 1 is 1.27 bits per heavy atom. The molecule has 0 aliphatic rings. The van der Waals surface area contributed by atoms with Crippen LogP contribution in [-0.4, -0.2) is 24.5 Å². The fourth-order valence-electron chi connectivity index (χ4n) is 1.78. The summed E-state index contributed by atoms with van der Waals surface area (Å²) in [4.78, 5) is 24.0. The molecule has 1 aromatic heterocycles. The molecular formula is C16H18FNO3S. The van der Waals surface area contributed by atoms with Crippen LogP contribution in [0.4, 0.5) is 4.39 Å². The number of halogens is 1. The predicted octanol–water partition coefficient (Wildman–Crippen LogP) is 3.36. The first-order chi connectivity index (χ1) is 10.4. The lowest BCUT2D eigenvalue weighted by Gasteiger charge is -2.17. The predicted molar refractivity (Wildman–Crippen MR) is 84.5 cm³/mol. The summed E-state index contributed by atoms with van der Waals surface area (Å²) >= 11 is 1.21. The van der Waals surface area contributed by atoms with E-state index in [1.165, 1.54) is 23.5 Å². The van der Waals surface area contributed by atoms with Gasteiger partial charge >= 0.3 is 5.97 Å². The van der Waals surface area contributed by atoms with Crippen molar-refractivity contribution in [3.05, 3.63) is 35.0 Å². The molecule has 0 spiro atoms. The van der Waals surface area contributed by atoms with E-state index in [2.05, 4.69) is 5.32 Å². The number of esters is 1. The molecule has 0 aliphatic carbocycles. The Labute approximate surface area is 132 Å². The van der Waals surface area contributed by atoms with Gasteiger partial charge in [0.2, 0.25) is 0 Å². The van der Waals surface area contributed by atoms with Crippen molar-refractivity contribution in [3.8, 4) is 0 Å². The Kier molecular flexibility index (Phi) is 5.13. The first kappa shape index (κ1) is 16.4. The van der Waals surface area contributed by atoms with Gasteiger partial charge in [-0.2, -0.15) is 0 Å². The second-order valence-corrected chi connectivity index (χ2v) is 6.55. The number of carbonyl (C=O) groups excluding carboxylic acids is 2. The third-order valence-corrected chi connectivity index (χ3v) is 4.50. The van der Waals surface area contributed by atoms with Crippen LogP contribution >= 0.6 is 11.3 Å². The molecule has 0 radical (unpaired) electrons. The molecule has 1 aromatic carbocycles. The van der Waals surface area contributed by atoms with E-state index >= 15 is 0 Å². The molecule has 22 heavy (non-hydrogen) atoms. The highest BCUT2D eigenvalue weighted by Gasteiger charge is 2.16. The van der Waals surface area contributed by atoms with Gasteiger partial charge < -0.3 is 10.1 Å². The van der Waals surface area contributed by atoms with E-state index in [1.54, 1.807) is 12.1 Å². The molecule has 2 aromatic rings. The SMILES string of the molecule is CC(C)[C@@H](C)NC(=O)COC(=O)c1cc2cc(F)ccc2s1. The summed E-state index contributed by atoms with van der Waals surface area (Å²) in [6.07, 6.45) is 0. The lowest BCUT2D eigenvalue weighted by Crippen LogP contribution is -2.38. The molecule has 0 saturated carbocycles. The van der Waals surface area contributed by atoms with Crippen molar-refractivity contribution < 1.29 is 18.7 Å². The van der Waals surface area contributed by atoms with Crippen LogP contribution < -0.4 is 5.32 Å². The van der Waals surface area contributed by atoms with Gasteiger partial charge in [0.25, 0.3) is 5.91 Å². The Balaban J connectivity index is 1.95. The van der Waals surface area contributed by atoms with E-state index in [1.807, 2.05) is 20.8 Å². The number of ether oxygens (including phenoxy) is 1. The molecule has 0 aliphatic heterocycles. The summed E-state index contributed by atoms with van der Waals surface area (Å²) in [5, 5.41) is 3.41. The summed E-state index contributed by atoms with van der Waals surface area (Å²) in [6.45, 7) is 5.56. The minimum absolute atomic E-state index is 0.0125. The highest BCUT2D eigenvalue weighted by molar-refractivity contribution is 7.20. The van der Waals surface area contributed by atoms with E-state index in [-0.39, 0.29) is 24.4 Å². The van der Waals surface area contributed by atoms with Crippen LogP contribution in [0.5, 0.6) is 0 Å². The number of carbonyl (C=O) groups is 2. The quantitative estimate of drug-likeness (QED) is 0.859. The second-order valence-electron chi connectivity index (χ2n) is 5.47. The molecule has 1 heterocycles. The standard InChI is InChI=1S/C16H18FNO3S/c1-9(2)10(3)18-15(19)8-21-16(20)14-7-11-6-12(17)4-5-13(11)22-14/h4-7,9-10H,8H2,1-3H3,(H,18,19)/t10-/m1/s1. The van der Waals surface area contributed by atoms with Crippen LogP contribution in [0.25, 0.3) is 10.1 Å². The van der Waals surface area contributed by atoms with Crippen LogP contribution in [0.1, 0.15) is 30.4 Å². The first-order valence-electron chi connectivity index (χ1n) is 7.02. The van der Waals surface area contributed by atoms with Crippen molar-refractivity contribution >= 4 is 33.3 Å². The molecule has 0 unspecified atom stereocenters. The number of fused-ring (bicyclic) bond motifs is 1. The normalized spacial score (nSPS) is 12.4. The number of hydrogen-bond acceptors (Lipinski definition) is 4. The van der Waals surface area contributed by atoms with Gasteiger partial charge in [-0.3, -0.25) is 4.79 Å². The van der Waals surface area contributed by atoms with E-state index in [9.17, 15) is 14.0 Å². The zero-order valence-electron chi connectivity index (χ0n) is 12.7. The number of rotatable bonds is 5. The van der Waals surface area contributed by atoms with Crippen molar-refractivity contribution in [1.29, 1.82) is 0 Å². The summed E-state index contributed by atoms with van der Waals surface area (Å²) < 4.78 is 18.9. The smallest absolute Gasteiger partial charge is 0.348 e. The molecule has 0 bridgehead atoms. The Bertz CT molecular complexity index is 696. The maximum absolute atomic E-state index is 13.1. The van der Waals surface area contributed by atoms with Gasteiger partial charge in [0, 0.05) is 10.7 Å². The Morgan fingerprint density at radius 2 is 2.00 bits per heavy atom. The maximum Gasteiger partial charge on any atom is 0.348 e. The minimum atomic E-state index is -0.575. The fourth-order valence-corrected chi connectivity index (χ4v) is 2.72. The number of benzene rings is 1. The topological polar surface area (TPSA) is 55.4 Å². The summed E-state index contributed by atoms with van der Waals surface area (Å²) in [5.74, 6) is -0.958. The molecular weight excluding hydrogens is 305 g/mol. The van der Waals surface area contributed by atoms with Crippen molar-refractivity contribution in [2.75, 3.05) is 6.61 Å². The van der Waals surface area contributed by atoms with E-state index in [0.717, 1.165) is 4.70 Å². The van der Waals surface area contributed by atoms with Crippen LogP contribution in [0.15, 0.2) is 24.3 Å². The number of thiophene rings is 1. The zero-order chi connectivity index (χ0) is 16.3. The largest absolute Gasteiger partial charge is 0.451 e. The third-order valence-electron chi connectivity index (χ3n) is 3.40. The maximum atomic E-state index is 13.1. The molecule has 6 heteroatoms. The van der Waals surface area contributed by atoms with Gasteiger partial charge in [-0.05, 0) is 42.5 Å². The lowest BCUT2D eigenvalue weighted by molar-refractivity contribution is -0.125. The van der Waals surface area contributed by atoms with Crippen molar-refractivity contribution in [1.82, 2.24) is 5.32 Å². The van der Waals surface area contributed by atoms with Crippen LogP contribution in [0.3, 0.4) is 0 Å². The lowest BCUT2D eigenvalue weighted by atomic mass is 10.1. The molecule has 1 N–H and O–H groups in total. The molecule has 2 rings (SSSR count). The number of hydrogen-bond donors (Lipinski definition) is 1. The minimum Gasteiger partial charge on any atom is -0.451 e. The highest BCUT2D eigenvalue weighted by atomic mass is 32.1. The molecule has 0 fully saturated rings.